The molecule has 0 amide bonds. The van der Waals surface area contributed by atoms with Gasteiger partial charge in [-0.2, -0.15) is 0 Å². The van der Waals surface area contributed by atoms with Crippen molar-refractivity contribution in [3.05, 3.63) is 0 Å². The summed E-state index contributed by atoms with van der Waals surface area (Å²) >= 11 is 2.21. The molecule has 0 saturated carbocycles. The van der Waals surface area contributed by atoms with Crippen molar-refractivity contribution in [1.82, 2.24) is 5.48 Å². The highest BCUT2D eigenvalue weighted by Crippen LogP contribution is 2.27. The molecule has 0 heterocycles. The monoisotopic (exact) mass is 301 g/mol. The Morgan fingerprint density at radius 3 is 2.62 bits per heavy atom. The summed E-state index contributed by atoms with van der Waals surface area (Å²) < 4.78 is 4.79. The Morgan fingerprint density at radius 2 is 2.23 bits per heavy atom. The zero-order chi connectivity index (χ0) is 10.5. The van der Waals surface area contributed by atoms with Crippen molar-refractivity contribution in [2.45, 2.75) is 24.2 Å². The molecule has 0 bridgehead atoms. The summed E-state index contributed by atoms with van der Waals surface area (Å²) in [4.78, 5) is 11.3. The topological polar surface area (TPSA) is 58.6 Å². The molecular weight excluding hydrogens is 285 g/mol. The van der Waals surface area contributed by atoms with Gasteiger partial charge in [0.15, 0.2) is 0 Å². The lowest BCUT2D eigenvalue weighted by Gasteiger charge is -2.23. The summed E-state index contributed by atoms with van der Waals surface area (Å²) in [5.41, 5.74) is 1.92. The van der Waals surface area contributed by atoms with Gasteiger partial charge in [0.2, 0.25) is 0 Å². The summed E-state index contributed by atoms with van der Waals surface area (Å²) in [5, 5.41) is 8.23. The molecule has 0 aliphatic heterocycles. The Hall–Kier alpha value is 0.120. The Balaban J connectivity index is 3.84. The van der Waals surface area contributed by atoms with Gasteiger partial charge in [0.1, 0.15) is 6.61 Å². The van der Waals surface area contributed by atoms with Gasteiger partial charge < -0.3 is 9.94 Å². The molecule has 0 rings (SSSR count). The minimum absolute atomic E-state index is 0.110. The Labute approximate surface area is 92.1 Å². The lowest BCUT2D eigenvalue weighted by molar-refractivity contribution is -0.148. The summed E-state index contributed by atoms with van der Waals surface area (Å²) in [5.74, 6) is -0.374. The largest absolute Gasteiger partial charge is 0.464 e. The number of carbonyl (C=O) groups excluding carboxylic acids is 1. The third-order valence-corrected chi connectivity index (χ3v) is 2.78. The van der Waals surface area contributed by atoms with Crippen LogP contribution in [0.5, 0.6) is 0 Å². The number of carbonyl (C=O) groups is 1. The molecule has 78 valence electrons. The number of hydroxylamine groups is 1. The quantitative estimate of drug-likeness (QED) is 0.265. The molecule has 0 fully saturated rings. The number of hydrogen-bond acceptors (Lipinski definition) is 4. The van der Waals surface area contributed by atoms with E-state index in [2.05, 4.69) is 22.6 Å². The molecule has 0 aromatic carbocycles. The van der Waals surface area contributed by atoms with Crippen LogP contribution >= 0.6 is 22.6 Å². The molecule has 13 heavy (non-hydrogen) atoms. The van der Waals surface area contributed by atoms with Crippen molar-refractivity contribution < 1.29 is 14.7 Å². The normalized spacial score (nSPS) is 13.9. The number of halogens is 1. The summed E-state index contributed by atoms with van der Waals surface area (Å²) in [6, 6.07) is 0. The lowest BCUT2D eigenvalue weighted by atomic mass is 9.98. The van der Waals surface area contributed by atoms with Crippen molar-refractivity contribution in [2.24, 2.45) is 5.92 Å². The molecule has 0 aromatic heterocycles. The maximum Gasteiger partial charge on any atom is 0.310 e. The number of rotatable bonds is 5. The van der Waals surface area contributed by atoms with Gasteiger partial charge in [-0.3, -0.25) is 4.79 Å². The number of alkyl halides is 1. The maximum atomic E-state index is 11.3. The van der Waals surface area contributed by atoms with Crippen LogP contribution in [-0.4, -0.2) is 27.7 Å². The van der Waals surface area contributed by atoms with Crippen LogP contribution in [0.2, 0.25) is 0 Å². The lowest BCUT2D eigenvalue weighted by Crippen LogP contribution is -2.31. The van der Waals surface area contributed by atoms with Gasteiger partial charge in [0, 0.05) is 3.42 Å². The van der Waals surface area contributed by atoms with Crippen LogP contribution in [0, 0.1) is 5.92 Å². The third-order valence-electron chi connectivity index (χ3n) is 1.84. The van der Waals surface area contributed by atoms with Gasteiger partial charge in [-0.25, -0.2) is 5.48 Å². The summed E-state index contributed by atoms with van der Waals surface area (Å²) in [6.45, 7) is 6.25. The molecule has 0 saturated heterocycles. The van der Waals surface area contributed by atoms with E-state index in [9.17, 15) is 4.79 Å². The zero-order valence-electron chi connectivity index (χ0n) is 8.13. The first-order valence-electron chi connectivity index (χ1n) is 4.12. The minimum atomic E-state index is -0.227. The van der Waals surface area contributed by atoms with Crippen LogP contribution in [0.15, 0.2) is 0 Å². The second-order valence-electron chi connectivity index (χ2n) is 3.36. The molecule has 0 aromatic rings. The predicted octanol–water partition coefficient (Wildman–Crippen LogP) is 1.36. The minimum Gasteiger partial charge on any atom is -0.464 e. The molecule has 0 aliphatic carbocycles. The van der Waals surface area contributed by atoms with E-state index in [0.29, 0.717) is 0 Å². The van der Waals surface area contributed by atoms with Crippen LogP contribution in [-0.2, 0) is 9.53 Å². The van der Waals surface area contributed by atoms with Crippen molar-refractivity contribution in [2.75, 3.05) is 13.2 Å². The zero-order valence-corrected chi connectivity index (χ0v) is 10.3. The molecule has 5 heteroatoms. The highest BCUT2D eigenvalue weighted by atomic mass is 127. The number of esters is 1. The molecule has 2 N–H and O–H groups in total. The molecule has 0 radical (unpaired) electrons. The predicted molar refractivity (Wildman–Crippen MR) is 58.0 cm³/mol. The molecule has 4 nitrogen and oxygen atoms in total. The Morgan fingerprint density at radius 1 is 1.69 bits per heavy atom. The van der Waals surface area contributed by atoms with E-state index in [-0.39, 0.29) is 28.5 Å². The van der Waals surface area contributed by atoms with Crippen LogP contribution in [0.4, 0.5) is 0 Å². The van der Waals surface area contributed by atoms with Crippen molar-refractivity contribution in [3.8, 4) is 0 Å². The molecule has 0 aliphatic rings. The van der Waals surface area contributed by atoms with Gasteiger partial charge in [0.05, 0.1) is 12.5 Å². The maximum absolute atomic E-state index is 11.3. The fraction of sp³-hybridized carbons (Fsp3) is 0.875. The third kappa shape index (κ3) is 5.43. The van der Waals surface area contributed by atoms with Gasteiger partial charge in [0.25, 0.3) is 0 Å². The second kappa shape index (κ2) is 5.77. The van der Waals surface area contributed by atoms with Crippen LogP contribution < -0.4 is 5.48 Å². The Bertz CT molecular complexity index is 167. The van der Waals surface area contributed by atoms with E-state index in [1.807, 2.05) is 26.3 Å². The van der Waals surface area contributed by atoms with E-state index in [0.717, 1.165) is 0 Å². The van der Waals surface area contributed by atoms with Crippen molar-refractivity contribution in [1.29, 1.82) is 0 Å². The average molecular weight is 301 g/mol. The first-order valence-corrected chi connectivity index (χ1v) is 5.20. The number of nitrogens with one attached hydrogen (secondary N) is 1. The molecule has 1 unspecified atom stereocenters. The number of hydrogen-bond donors (Lipinski definition) is 2. The van der Waals surface area contributed by atoms with Gasteiger partial charge >= 0.3 is 5.97 Å². The van der Waals surface area contributed by atoms with E-state index in [1.54, 1.807) is 0 Å². The van der Waals surface area contributed by atoms with Crippen LogP contribution in [0.3, 0.4) is 0 Å². The standard InChI is InChI=1S/C8H16INO3/c1-6(8(2,3)9)7(11)13-5-4-10-12/h6,10,12H,4-5H2,1-3H3. The molecular formula is C8H16INO3. The van der Waals surface area contributed by atoms with E-state index >= 15 is 0 Å². The van der Waals surface area contributed by atoms with E-state index < -0.39 is 0 Å². The smallest absolute Gasteiger partial charge is 0.310 e. The van der Waals surface area contributed by atoms with Crippen LogP contribution in [0.25, 0.3) is 0 Å². The average Bonchev–Trinajstić information content (AvgIpc) is 2.01. The van der Waals surface area contributed by atoms with Gasteiger partial charge in [-0.1, -0.05) is 29.5 Å². The highest BCUT2D eigenvalue weighted by molar-refractivity contribution is 14.1. The number of ether oxygens (including phenoxy) is 1. The first-order chi connectivity index (χ1) is 5.89. The fourth-order valence-corrected chi connectivity index (χ4v) is 0.857. The first kappa shape index (κ1) is 13.1. The highest BCUT2D eigenvalue weighted by Gasteiger charge is 2.29. The van der Waals surface area contributed by atoms with E-state index in [4.69, 9.17) is 9.94 Å². The van der Waals surface area contributed by atoms with E-state index in [1.165, 1.54) is 0 Å². The Kier molecular flexibility index (Phi) is 5.82. The summed E-state index contributed by atoms with van der Waals surface area (Å²) in [7, 11) is 0. The van der Waals surface area contributed by atoms with Gasteiger partial charge in [-0.05, 0) is 13.8 Å². The fourth-order valence-electron chi connectivity index (χ4n) is 0.603. The summed E-state index contributed by atoms with van der Waals surface area (Å²) in [6.07, 6.45) is 0. The molecule has 1 atom stereocenters. The van der Waals surface area contributed by atoms with Gasteiger partial charge in [-0.15, -0.1) is 0 Å². The van der Waals surface area contributed by atoms with Crippen molar-refractivity contribution in [3.63, 3.8) is 0 Å². The van der Waals surface area contributed by atoms with Crippen LogP contribution in [0.1, 0.15) is 20.8 Å². The SMILES string of the molecule is CC(C(=O)OCCNO)C(C)(C)I. The molecule has 0 spiro atoms. The second-order valence-corrected chi connectivity index (χ2v) is 6.14. The van der Waals surface area contributed by atoms with Crippen molar-refractivity contribution >= 4 is 28.6 Å².